The molecule has 0 unspecified atom stereocenters. The lowest BCUT2D eigenvalue weighted by molar-refractivity contribution is 0.598. The lowest BCUT2D eigenvalue weighted by Gasteiger charge is -2.01. The number of sulfone groups is 1. The molecule has 2 aromatic rings. The zero-order chi connectivity index (χ0) is 15.7. The van der Waals surface area contributed by atoms with Crippen LogP contribution in [0.15, 0.2) is 72.1 Å². The SMILES string of the molecule is O=S(=O)(C/C=C\SSCc1ccccc1)Cc1ccccc1. The Balaban J connectivity index is 1.70. The highest BCUT2D eigenvalue weighted by molar-refractivity contribution is 8.77. The van der Waals surface area contributed by atoms with Gasteiger partial charge in [-0.2, -0.15) is 0 Å². The Bertz CT molecular complexity index is 680. The lowest BCUT2D eigenvalue weighted by Crippen LogP contribution is -2.07. The molecule has 0 aliphatic rings. The molecule has 0 aliphatic carbocycles. The van der Waals surface area contributed by atoms with Crippen molar-refractivity contribution in [3.63, 3.8) is 0 Å². The summed E-state index contributed by atoms with van der Waals surface area (Å²) in [6.07, 6.45) is 1.72. The molecule has 0 amide bonds. The van der Waals surface area contributed by atoms with Gasteiger partial charge in [0.15, 0.2) is 9.84 Å². The van der Waals surface area contributed by atoms with Gasteiger partial charge in [0.2, 0.25) is 0 Å². The second-order valence-electron chi connectivity index (χ2n) is 4.76. The number of hydrogen-bond acceptors (Lipinski definition) is 4. The van der Waals surface area contributed by atoms with Gasteiger partial charge in [-0.1, -0.05) is 88.3 Å². The van der Waals surface area contributed by atoms with Crippen LogP contribution in [-0.4, -0.2) is 14.2 Å². The summed E-state index contributed by atoms with van der Waals surface area (Å²) in [4.78, 5) is 0. The van der Waals surface area contributed by atoms with Crippen molar-refractivity contribution in [3.8, 4) is 0 Å². The average Bonchev–Trinajstić information content (AvgIpc) is 2.52. The van der Waals surface area contributed by atoms with Gasteiger partial charge in [0, 0.05) is 5.75 Å². The molecule has 0 aromatic heterocycles. The fraction of sp³-hybridized carbons (Fsp3) is 0.176. The first-order valence-corrected chi connectivity index (χ1v) is 11.1. The van der Waals surface area contributed by atoms with Gasteiger partial charge in [-0.25, -0.2) is 8.42 Å². The van der Waals surface area contributed by atoms with E-state index in [4.69, 9.17) is 0 Å². The van der Waals surface area contributed by atoms with E-state index in [0.29, 0.717) is 0 Å². The van der Waals surface area contributed by atoms with Crippen molar-refractivity contribution < 1.29 is 8.42 Å². The minimum absolute atomic E-state index is 0.0841. The normalized spacial score (nSPS) is 11.8. The lowest BCUT2D eigenvalue weighted by atomic mass is 10.2. The Morgan fingerprint density at radius 3 is 2.09 bits per heavy atom. The third-order valence-electron chi connectivity index (χ3n) is 2.87. The first-order chi connectivity index (χ1) is 10.7. The van der Waals surface area contributed by atoms with Crippen molar-refractivity contribution in [2.45, 2.75) is 11.5 Å². The van der Waals surface area contributed by atoms with Crippen LogP contribution in [0, 0.1) is 0 Å². The molecule has 0 N–H and O–H groups in total. The van der Waals surface area contributed by atoms with Crippen LogP contribution < -0.4 is 0 Å². The maximum atomic E-state index is 12.0. The molecule has 0 saturated heterocycles. The van der Waals surface area contributed by atoms with Crippen molar-refractivity contribution in [3.05, 3.63) is 83.3 Å². The van der Waals surface area contributed by atoms with Crippen molar-refractivity contribution in [1.82, 2.24) is 0 Å². The summed E-state index contributed by atoms with van der Waals surface area (Å²) in [6, 6.07) is 19.5. The predicted molar refractivity (Wildman–Crippen MR) is 98.4 cm³/mol. The highest BCUT2D eigenvalue weighted by Gasteiger charge is 2.09. The van der Waals surface area contributed by atoms with Crippen LogP contribution >= 0.6 is 21.6 Å². The quantitative estimate of drug-likeness (QED) is 0.511. The Kier molecular flexibility index (Phi) is 7.09. The van der Waals surface area contributed by atoms with Crippen LogP contribution in [0.1, 0.15) is 11.1 Å². The topological polar surface area (TPSA) is 34.1 Å². The van der Waals surface area contributed by atoms with Gasteiger partial charge in [0.1, 0.15) is 0 Å². The molecule has 0 radical (unpaired) electrons. The molecule has 22 heavy (non-hydrogen) atoms. The molecule has 0 saturated carbocycles. The molecule has 0 atom stereocenters. The van der Waals surface area contributed by atoms with Gasteiger partial charge in [-0.05, 0) is 16.5 Å². The predicted octanol–water partition coefficient (Wildman–Crippen LogP) is 4.70. The molecular formula is C17H18O2S3. The minimum Gasteiger partial charge on any atom is -0.228 e. The number of rotatable bonds is 8. The Labute approximate surface area is 140 Å². The maximum Gasteiger partial charge on any atom is 0.158 e. The second-order valence-corrected chi connectivity index (χ2v) is 9.14. The van der Waals surface area contributed by atoms with Crippen LogP contribution in [0.3, 0.4) is 0 Å². The van der Waals surface area contributed by atoms with Crippen molar-refractivity contribution in [2.75, 3.05) is 5.75 Å². The van der Waals surface area contributed by atoms with E-state index >= 15 is 0 Å². The molecule has 0 aliphatic heterocycles. The Hall–Kier alpha value is -1.17. The number of benzene rings is 2. The molecule has 2 aromatic carbocycles. The average molecular weight is 351 g/mol. The van der Waals surface area contributed by atoms with Gasteiger partial charge in [-0.15, -0.1) is 0 Å². The Morgan fingerprint density at radius 1 is 0.864 bits per heavy atom. The molecule has 2 nitrogen and oxygen atoms in total. The fourth-order valence-corrected chi connectivity index (χ4v) is 4.89. The summed E-state index contributed by atoms with van der Waals surface area (Å²) < 4.78 is 24.0. The summed E-state index contributed by atoms with van der Waals surface area (Å²) in [5.41, 5.74) is 2.10. The molecule has 0 bridgehead atoms. The second kappa shape index (κ2) is 9.08. The molecule has 0 heterocycles. The van der Waals surface area contributed by atoms with Crippen molar-refractivity contribution >= 4 is 31.4 Å². The van der Waals surface area contributed by atoms with E-state index in [9.17, 15) is 8.42 Å². The van der Waals surface area contributed by atoms with Gasteiger partial charge in [0.25, 0.3) is 0 Å². The molecule has 0 spiro atoms. The van der Waals surface area contributed by atoms with Crippen LogP contribution in [0.2, 0.25) is 0 Å². The Morgan fingerprint density at radius 2 is 1.45 bits per heavy atom. The summed E-state index contributed by atoms with van der Waals surface area (Å²) >= 11 is 0. The standard InChI is InChI=1S/C17H18O2S3/c18-22(19,15-17-10-5-2-6-11-17)13-7-12-20-21-14-16-8-3-1-4-9-16/h1-12H,13-15H2/b12-7-. The van der Waals surface area contributed by atoms with Crippen LogP contribution in [0.4, 0.5) is 0 Å². The van der Waals surface area contributed by atoms with Crippen LogP contribution in [0.5, 0.6) is 0 Å². The molecule has 2 rings (SSSR count). The minimum atomic E-state index is -3.08. The highest BCUT2D eigenvalue weighted by atomic mass is 33.1. The first kappa shape index (κ1) is 17.2. The molecule has 0 fully saturated rings. The monoisotopic (exact) mass is 350 g/mol. The largest absolute Gasteiger partial charge is 0.228 e. The third kappa shape index (κ3) is 6.73. The van der Waals surface area contributed by atoms with Gasteiger partial charge < -0.3 is 0 Å². The molecule has 5 heteroatoms. The van der Waals surface area contributed by atoms with Crippen LogP contribution in [0.25, 0.3) is 0 Å². The van der Waals surface area contributed by atoms with Crippen molar-refractivity contribution in [2.24, 2.45) is 0 Å². The van der Waals surface area contributed by atoms with Gasteiger partial charge >= 0.3 is 0 Å². The smallest absolute Gasteiger partial charge is 0.158 e. The van der Waals surface area contributed by atoms with E-state index in [1.807, 2.05) is 53.9 Å². The van der Waals surface area contributed by atoms with E-state index in [1.54, 1.807) is 27.7 Å². The summed E-state index contributed by atoms with van der Waals surface area (Å²) in [7, 11) is 0.179. The van der Waals surface area contributed by atoms with E-state index in [-0.39, 0.29) is 11.5 Å². The van der Waals surface area contributed by atoms with Gasteiger partial charge in [0.05, 0.1) is 11.5 Å². The molecular weight excluding hydrogens is 332 g/mol. The fourth-order valence-electron chi connectivity index (χ4n) is 1.83. The first-order valence-electron chi connectivity index (χ1n) is 6.87. The number of hydrogen-bond donors (Lipinski definition) is 0. The van der Waals surface area contributed by atoms with E-state index in [1.165, 1.54) is 5.56 Å². The summed E-state index contributed by atoms with van der Waals surface area (Å²) in [5.74, 6) is 1.09. The zero-order valence-electron chi connectivity index (χ0n) is 12.1. The zero-order valence-corrected chi connectivity index (χ0v) is 14.5. The third-order valence-corrected chi connectivity index (χ3v) is 6.33. The highest BCUT2D eigenvalue weighted by Crippen LogP contribution is 2.26. The summed E-state index contributed by atoms with van der Waals surface area (Å²) in [5, 5.41) is 1.86. The van der Waals surface area contributed by atoms with Gasteiger partial charge in [-0.3, -0.25) is 0 Å². The van der Waals surface area contributed by atoms with Crippen LogP contribution in [-0.2, 0) is 21.3 Å². The van der Waals surface area contributed by atoms with E-state index in [2.05, 4.69) is 12.1 Å². The molecule has 116 valence electrons. The van der Waals surface area contributed by atoms with E-state index in [0.717, 1.165) is 11.3 Å². The van der Waals surface area contributed by atoms with Crippen molar-refractivity contribution in [1.29, 1.82) is 0 Å². The maximum absolute atomic E-state index is 12.0. The summed E-state index contributed by atoms with van der Waals surface area (Å²) in [6.45, 7) is 0. The van der Waals surface area contributed by atoms with E-state index < -0.39 is 9.84 Å².